The first-order valence-electron chi connectivity index (χ1n) is 3.85. The Morgan fingerprint density at radius 3 is 2.20 bits per heavy atom. The normalized spacial score (nSPS) is 14.1. The molecule has 0 fully saturated rings. The second kappa shape index (κ2) is 5.69. The molecular weight excluding hydrogens is 128 g/mol. The van der Waals surface area contributed by atoms with Crippen molar-refractivity contribution < 1.29 is 9.47 Å². The lowest BCUT2D eigenvalue weighted by Gasteiger charge is -2.17. The van der Waals surface area contributed by atoms with Crippen LogP contribution >= 0.6 is 0 Å². The molecule has 0 aliphatic rings. The zero-order valence-corrected chi connectivity index (χ0v) is 7.39. The van der Waals surface area contributed by atoms with Crippen LogP contribution in [0.2, 0.25) is 0 Å². The van der Waals surface area contributed by atoms with Gasteiger partial charge in [0.25, 0.3) is 0 Å². The summed E-state index contributed by atoms with van der Waals surface area (Å²) in [5, 5.41) is 0. The second-order valence-electron chi connectivity index (χ2n) is 2.67. The zero-order valence-electron chi connectivity index (χ0n) is 7.39. The molecule has 0 N–H and O–H groups in total. The molecule has 0 aliphatic heterocycles. The van der Waals surface area contributed by atoms with Crippen LogP contribution in [0.1, 0.15) is 27.2 Å². The largest absolute Gasteiger partial charge is 0.382 e. The fourth-order valence-electron chi connectivity index (χ4n) is 0.824. The van der Waals surface area contributed by atoms with Gasteiger partial charge in [-0.05, 0) is 20.3 Å². The highest BCUT2D eigenvalue weighted by atomic mass is 16.5. The molecule has 0 aliphatic carbocycles. The van der Waals surface area contributed by atoms with Gasteiger partial charge in [0.1, 0.15) is 0 Å². The summed E-state index contributed by atoms with van der Waals surface area (Å²) in [4.78, 5) is 0. The van der Waals surface area contributed by atoms with Crippen molar-refractivity contribution in [1.29, 1.82) is 0 Å². The first-order valence-corrected chi connectivity index (χ1v) is 3.85. The van der Waals surface area contributed by atoms with Crippen molar-refractivity contribution in [3.8, 4) is 0 Å². The third-order valence-corrected chi connectivity index (χ3v) is 1.27. The Hall–Kier alpha value is -0.0800. The molecule has 0 saturated carbocycles. The predicted molar refractivity (Wildman–Crippen MR) is 42.2 cm³/mol. The minimum absolute atomic E-state index is 0.269. The van der Waals surface area contributed by atoms with Gasteiger partial charge in [0, 0.05) is 7.11 Å². The van der Waals surface area contributed by atoms with Gasteiger partial charge >= 0.3 is 0 Å². The SMILES string of the molecule is CCC(COC)OC(C)C. The van der Waals surface area contributed by atoms with Crippen molar-refractivity contribution in [1.82, 2.24) is 0 Å². The number of hydrogen-bond acceptors (Lipinski definition) is 2. The minimum Gasteiger partial charge on any atom is -0.382 e. The Kier molecular flexibility index (Phi) is 5.64. The highest BCUT2D eigenvalue weighted by Gasteiger charge is 2.06. The first-order chi connectivity index (χ1) is 4.70. The van der Waals surface area contributed by atoms with E-state index in [0.717, 1.165) is 6.42 Å². The highest BCUT2D eigenvalue weighted by Crippen LogP contribution is 2.01. The quantitative estimate of drug-likeness (QED) is 0.589. The van der Waals surface area contributed by atoms with Gasteiger partial charge < -0.3 is 9.47 Å². The van der Waals surface area contributed by atoms with Crippen LogP contribution in [0, 0.1) is 0 Å². The predicted octanol–water partition coefficient (Wildman–Crippen LogP) is 1.84. The molecule has 0 radical (unpaired) electrons. The number of hydrogen-bond donors (Lipinski definition) is 0. The van der Waals surface area contributed by atoms with Crippen LogP contribution in [-0.4, -0.2) is 25.9 Å². The molecule has 0 spiro atoms. The summed E-state index contributed by atoms with van der Waals surface area (Å²) in [5.74, 6) is 0. The Balaban J connectivity index is 3.39. The Labute approximate surface area is 63.5 Å². The topological polar surface area (TPSA) is 18.5 Å². The number of methoxy groups -OCH3 is 1. The van der Waals surface area contributed by atoms with Crippen LogP contribution in [-0.2, 0) is 9.47 Å². The smallest absolute Gasteiger partial charge is 0.0809 e. The zero-order chi connectivity index (χ0) is 7.98. The molecule has 0 bridgehead atoms. The molecule has 62 valence electrons. The van der Waals surface area contributed by atoms with Gasteiger partial charge in [-0.25, -0.2) is 0 Å². The lowest BCUT2D eigenvalue weighted by Crippen LogP contribution is -2.21. The van der Waals surface area contributed by atoms with Crippen molar-refractivity contribution in [2.75, 3.05) is 13.7 Å². The second-order valence-corrected chi connectivity index (χ2v) is 2.67. The summed E-state index contributed by atoms with van der Waals surface area (Å²) >= 11 is 0. The maximum atomic E-state index is 5.51. The first kappa shape index (κ1) is 9.92. The van der Waals surface area contributed by atoms with E-state index >= 15 is 0 Å². The van der Waals surface area contributed by atoms with E-state index in [1.54, 1.807) is 7.11 Å². The van der Waals surface area contributed by atoms with Gasteiger partial charge in [0.05, 0.1) is 18.8 Å². The van der Waals surface area contributed by atoms with Crippen molar-refractivity contribution in [2.24, 2.45) is 0 Å². The molecule has 1 atom stereocenters. The van der Waals surface area contributed by atoms with Crippen LogP contribution in [0.3, 0.4) is 0 Å². The summed E-state index contributed by atoms with van der Waals surface area (Å²) < 4.78 is 10.5. The minimum atomic E-state index is 0.269. The highest BCUT2D eigenvalue weighted by molar-refractivity contribution is 4.54. The maximum absolute atomic E-state index is 5.51. The monoisotopic (exact) mass is 146 g/mol. The van der Waals surface area contributed by atoms with Crippen molar-refractivity contribution in [2.45, 2.75) is 39.4 Å². The van der Waals surface area contributed by atoms with E-state index in [1.807, 2.05) is 13.8 Å². The van der Waals surface area contributed by atoms with Crippen molar-refractivity contribution >= 4 is 0 Å². The molecule has 0 amide bonds. The van der Waals surface area contributed by atoms with E-state index in [0.29, 0.717) is 12.7 Å². The van der Waals surface area contributed by atoms with E-state index in [-0.39, 0.29) is 6.10 Å². The molecule has 0 aromatic carbocycles. The Morgan fingerprint density at radius 1 is 1.30 bits per heavy atom. The van der Waals surface area contributed by atoms with Crippen LogP contribution in [0.25, 0.3) is 0 Å². The van der Waals surface area contributed by atoms with E-state index in [9.17, 15) is 0 Å². The standard InChI is InChI=1S/C8H18O2/c1-5-8(6-9-4)10-7(2)3/h7-8H,5-6H2,1-4H3. The summed E-state index contributed by atoms with van der Waals surface area (Å²) in [6.07, 6.45) is 1.59. The molecule has 0 rings (SSSR count). The van der Waals surface area contributed by atoms with Gasteiger partial charge in [-0.3, -0.25) is 0 Å². The lowest BCUT2D eigenvalue weighted by molar-refractivity contribution is -0.0351. The van der Waals surface area contributed by atoms with Crippen LogP contribution in [0.15, 0.2) is 0 Å². The fourth-order valence-corrected chi connectivity index (χ4v) is 0.824. The molecule has 0 aromatic rings. The molecule has 0 aromatic heterocycles. The van der Waals surface area contributed by atoms with E-state index < -0.39 is 0 Å². The molecule has 1 unspecified atom stereocenters. The average molecular weight is 146 g/mol. The van der Waals surface area contributed by atoms with Gasteiger partial charge in [-0.2, -0.15) is 0 Å². The van der Waals surface area contributed by atoms with E-state index in [4.69, 9.17) is 9.47 Å². The summed E-state index contributed by atoms with van der Waals surface area (Å²) in [6.45, 7) is 6.89. The van der Waals surface area contributed by atoms with Crippen LogP contribution in [0.4, 0.5) is 0 Å². The third kappa shape index (κ3) is 4.77. The maximum Gasteiger partial charge on any atom is 0.0809 e. The molecule has 0 heterocycles. The van der Waals surface area contributed by atoms with E-state index in [1.165, 1.54) is 0 Å². The summed E-state index contributed by atoms with van der Waals surface area (Å²) in [7, 11) is 1.70. The number of ether oxygens (including phenoxy) is 2. The number of rotatable bonds is 5. The van der Waals surface area contributed by atoms with Gasteiger partial charge in [0.2, 0.25) is 0 Å². The van der Waals surface area contributed by atoms with Crippen molar-refractivity contribution in [3.05, 3.63) is 0 Å². The van der Waals surface area contributed by atoms with Gasteiger partial charge in [-0.1, -0.05) is 6.92 Å². The summed E-state index contributed by atoms with van der Waals surface area (Å²) in [5.41, 5.74) is 0. The third-order valence-electron chi connectivity index (χ3n) is 1.27. The summed E-state index contributed by atoms with van der Waals surface area (Å²) in [6, 6.07) is 0. The van der Waals surface area contributed by atoms with Crippen LogP contribution < -0.4 is 0 Å². The van der Waals surface area contributed by atoms with Gasteiger partial charge in [0.15, 0.2) is 0 Å². The molecule has 2 heteroatoms. The molecular formula is C8H18O2. The molecule has 10 heavy (non-hydrogen) atoms. The fraction of sp³-hybridized carbons (Fsp3) is 1.00. The van der Waals surface area contributed by atoms with Crippen molar-refractivity contribution in [3.63, 3.8) is 0 Å². The average Bonchev–Trinajstić information content (AvgIpc) is 1.86. The van der Waals surface area contributed by atoms with Crippen LogP contribution in [0.5, 0.6) is 0 Å². The molecule has 2 nitrogen and oxygen atoms in total. The van der Waals surface area contributed by atoms with Gasteiger partial charge in [-0.15, -0.1) is 0 Å². The lowest BCUT2D eigenvalue weighted by atomic mass is 10.3. The van der Waals surface area contributed by atoms with E-state index in [2.05, 4.69) is 6.92 Å². The Bertz CT molecular complexity index is 71.7. The molecule has 0 saturated heterocycles. The Morgan fingerprint density at radius 2 is 1.90 bits per heavy atom.